The lowest BCUT2D eigenvalue weighted by Crippen LogP contribution is -2.44. The molecule has 17 heavy (non-hydrogen) atoms. The number of nitrogens with zero attached hydrogens (tertiary/aromatic N) is 1. The molecule has 0 radical (unpaired) electrons. The lowest BCUT2D eigenvalue weighted by Gasteiger charge is -2.37. The minimum Gasteiger partial charge on any atom is -0.297 e. The Bertz CT molecular complexity index is 438. The van der Waals surface area contributed by atoms with E-state index in [1.165, 1.54) is 6.07 Å². The van der Waals surface area contributed by atoms with E-state index in [9.17, 15) is 9.18 Å². The van der Waals surface area contributed by atoms with Gasteiger partial charge < -0.3 is 0 Å². The highest BCUT2D eigenvalue weighted by atomic mass is 19.1. The van der Waals surface area contributed by atoms with Crippen molar-refractivity contribution < 1.29 is 9.18 Å². The fourth-order valence-corrected chi connectivity index (χ4v) is 2.42. The summed E-state index contributed by atoms with van der Waals surface area (Å²) in [4.78, 5) is 14.4. The van der Waals surface area contributed by atoms with Crippen LogP contribution in [0, 0.1) is 11.7 Å². The van der Waals surface area contributed by atoms with E-state index >= 15 is 0 Å². The van der Waals surface area contributed by atoms with Gasteiger partial charge in [-0.2, -0.15) is 0 Å². The molecule has 0 amide bonds. The van der Waals surface area contributed by atoms with Crippen LogP contribution < -0.4 is 0 Å². The standard InChI is InChI=1S/C14H16FNO/c15-12-5-2-1-4-11(12)13(16-8-3-9-16)14(17)10-6-7-10/h1-2,4-5,10,13H,3,6-9H2. The number of hydrogen-bond donors (Lipinski definition) is 0. The third-order valence-corrected chi connectivity index (χ3v) is 3.70. The van der Waals surface area contributed by atoms with Crippen molar-refractivity contribution in [2.24, 2.45) is 5.92 Å². The van der Waals surface area contributed by atoms with Gasteiger partial charge in [0.15, 0.2) is 5.78 Å². The first-order valence-electron chi connectivity index (χ1n) is 6.29. The number of hydrogen-bond acceptors (Lipinski definition) is 2. The normalized spacial score (nSPS) is 21.9. The van der Waals surface area contributed by atoms with Crippen LogP contribution in [0.15, 0.2) is 24.3 Å². The molecule has 1 unspecified atom stereocenters. The van der Waals surface area contributed by atoms with Gasteiger partial charge in [-0.05, 0) is 25.3 Å². The second-order valence-electron chi connectivity index (χ2n) is 4.99. The summed E-state index contributed by atoms with van der Waals surface area (Å²) >= 11 is 0. The third kappa shape index (κ3) is 2.00. The molecule has 0 spiro atoms. The Morgan fingerprint density at radius 3 is 2.53 bits per heavy atom. The van der Waals surface area contributed by atoms with Gasteiger partial charge in [0, 0.05) is 24.6 Å². The van der Waals surface area contributed by atoms with E-state index < -0.39 is 0 Å². The Hall–Kier alpha value is -1.22. The molecule has 2 fully saturated rings. The lowest BCUT2D eigenvalue weighted by atomic mass is 9.95. The molecule has 3 heteroatoms. The molecule has 2 nitrogen and oxygen atoms in total. The molecule has 1 aliphatic heterocycles. The minimum atomic E-state index is -0.336. The van der Waals surface area contributed by atoms with E-state index in [-0.39, 0.29) is 23.6 Å². The minimum absolute atomic E-state index is 0.181. The van der Waals surface area contributed by atoms with Crippen molar-refractivity contribution in [2.45, 2.75) is 25.3 Å². The summed E-state index contributed by atoms with van der Waals surface area (Å²) in [5, 5.41) is 0. The van der Waals surface area contributed by atoms with Crippen molar-refractivity contribution in [3.63, 3.8) is 0 Å². The molecule has 1 heterocycles. The second-order valence-corrected chi connectivity index (χ2v) is 4.99. The zero-order chi connectivity index (χ0) is 11.8. The Kier molecular flexibility index (Phi) is 2.71. The summed E-state index contributed by atoms with van der Waals surface area (Å²) in [6.45, 7) is 1.83. The Morgan fingerprint density at radius 2 is 2.00 bits per heavy atom. The first kappa shape index (κ1) is 10.9. The fourth-order valence-electron chi connectivity index (χ4n) is 2.42. The molecule has 0 bridgehead atoms. The zero-order valence-electron chi connectivity index (χ0n) is 9.73. The molecule has 1 aromatic carbocycles. The smallest absolute Gasteiger partial charge is 0.157 e. The fraction of sp³-hybridized carbons (Fsp3) is 0.500. The molecular formula is C14H16FNO. The quantitative estimate of drug-likeness (QED) is 0.796. The number of ketones is 1. The van der Waals surface area contributed by atoms with Crippen LogP contribution >= 0.6 is 0 Å². The molecule has 0 aromatic heterocycles. The predicted octanol–water partition coefficient (Wildman–Crippen LogP) is 2.55. The maximum Gasteiger partial charge on any atom is 0.157 e. The molecule has 3 rings (SSSR count). The van der Waals surface area contributed by atoms with Crippen LogP contribution in [0.4, 0.5) is 4.39 Å². The number of likely N-dealkylation sites (tertiary alicyclic amines) is 1. The molecule has 1 atom stereocenters. The lowest BCUT2D eigenvalue weighted by molar-refractivity contribution is -0.127. The van der Waals surface area contributed by atoms with Gasteiger partial charge in [-0.25, -0.2) is 4.39 Å². The van der Waals surface area contributed by atoms with Crippen LogP contribution in [0.5, 0.6) is 0 Å². The number of benzene rings is 1. The Balaban J connectivity index is 1.92. The maximum absolute atomic E-state index is 13.8. The van der Waals surface area contributed by atoms with Crippen molar-refractivity contribution in [3.8, 4) is 0 Å². The van der Waals surface area contributed by atoms with Crippen LogP contribution in [-0.2, 0) is 4.79 Å². The van der Waals surface area contributed by atoms with E-state index in [2.05, 4.69) is 4.90 Å². The summed E-state index contributed by atoms with van der Waals surface area (Å²) in [5.41, 5.74) is 0.559. The number of rotatable bonds is 4. The molecule has 0 N–H and O–H groups in total. The molecule has 1 aliphatic carbocycles. The Morgan fingerprint density at radius 1 is 1.29 bits per heavy atom. The van der Waals surface area contributed by atoms with Gasteiger partial charge in [0.25, 0.3) is 0 Å². The largest absolute Gasteiger partial charge is 0.297 e. The predicted molar refractivity (Wildman–Crippen MR) is 63.1 cm³/mol. The summed E-state index contributed by atoms with van der Waals surface area (Å²) < 4.78 is 13.8. The molecule has 90 valence electrons. The molecule has 1 aromatic rings. The first-order chi connectivity index (χ1) is 8.27. The average Bonchev–Trinajstić information content (AvgIpc) is 3.07. The van der Waals surface area contributed by atoms with E-state index in [4.69, 9.17) is 0 Å². The number of halogens is 1. The van der Waals surface area contributed by atoms with Crippen LogP contribution in [-0.4, -0.2) is 23.8 Å². The summed E-state index contributed by atoms with van der Waals surface area (Å²) in [7, 11) is 0. The van der Waals surface area contributed by atoms with Crippen molar-refractivity contribution >= 4 is 5.78 Å². The highest BCUT2D eigenvalue weighted by molar-refractivity contribution is 5.89. The number of carbonyl (C=O) groups is 1. The van der Waals surface area contributed by atoms with E-state index in [1.807, 2.05) is 6.07 Å². The van der Waals surface area contributed by atoms with Crippen molar-refractivity contribution in [2.75, 3.05) is 13.1 Å². The van der Waals surface area contributed by atoms with Crippen LogP contribution in [0.2, 0.25) is 0 Å². The zero-order valence-corrected chi connectivity index (χ0v) is 9.73. The van der Waals surface area contributed by atoms with Gasteiger partial charge in [0.1, 0.15) is 5.82 Å². The van der Waals surface area contributed by atoms with Crippen LogP contribution in [0.25, 0.3) is 0 Å². The molecular weight excluding hydrogens is 217 g/mol. The van der Waals surface area contributed by atoms with Gasteiger partial charge in [-0.1, -0.05) is 18.2 Å². The first-order valence-corrected chi connectivity index (χ1v) is 6.29. The average molecular weight is 233 g/mol. The topological polar surface area (TPSA) is 20.3 Å². The molecule has 1 saturated carbocycles. The third-order valence-electron chi connectivity index (χ3n) is 3.70. The number of carbonyl (C=O) groups excluding carboxylic acids is 1. The summed E-state index contributed by atoms with van der Waals surface area (Å²) in [6.07, 6.45) is 3.08. The number of Topliss-reactive ketones (excluding diaryl/α,β-unsaturated/α-hetero) is 1. The highest BCUT2D eigenvalue weighted by Crippen LogP contribution is 2.39. The van der Waals surface area contributed by atoms with Gasteiger partial charge in [-0.15, -0.1) is 0 Å². The van der Waals surface area contributed by atoms with Gasteiger partial charge in [0.2, 0.25) is 0 Å². The maximum atomic E-state index is 13.8. The second kappa shape index (κ2) is 4.22. The SMILES string of the molecule is O=C(C1CC1)C(c1ccccc1F)N1CCC1. The van der Waals surface area contributed by atoms with Crippen LogP contribution in [0.3, 0.4) is 0 Å². The van der Waals surface area contributed by atoms with Crippen molar-refractivity contribution in [1.29, 1.82) is 0 Å². The van der Waals surface area contributed by atoms with E-state index in [0.717, 1.165) is 32.4 Å². The van der Waals surface area contributed by atoms with Gasteiger partial charge in [-0.3, -0.25) is 9.69 Å². The Labute approximate surface area is 100 Å². The monoisotopic (exact) mass is 233 g/mol. The molecule has 1 saturated heterocycles. The van der Waals surface area contributed by atoms with E-state index in [1.54, 1.807) is 12.1 Å². The summed E-state index contributed by atoms with van der Waals surface area (Å²) in [6, 6.07) is 6.34. The molecule has 2 aliphatic rings. The van der Waals surface area contributed by atoms with Crippen molar-refractivity contribution in [3.05, 3.63) is 35.6 Å². The highest BCUT2D eigenvalue weighted by Gasteiger charge is 2.40. The van der Waals surface area contributed by atoms with Crippen LogP contribution in [0.1, 0.15) is 30.9 Å². The van der Waals surface area contributed by atoms with Gasteiger partial charge >= 0.3 is 0 Å². The van der Waals surface area contributed by atoms with Gasteiger partial charge in [0.05, 0.1) is 6.04 Å². The van der Waals surface area contributed by atoms with Crippen molar-refractivity contribution in [1.82, 2.24) is 4.90 Å². The van der Waals surface area contributed by atoms with E-state index in [0.29, 0.717) is 5.56 Å². The summed E-state index contributed by atoms with van der Waals surface area (Å²) in [5.74, 6) is 0.147.